The molecule has 1 saturated heterocycles. The van der Waals surface area contributed by atoms with Gasteiger partial charge in [-0.3, -0.25) is 4.79 Å². The van der Waals surface area contributed by atoms with Gasteiger partial charge in [-0.15, -0.1) is 0 Å². The summed E-state index contributed by atoms with van der Waals surface area (Å²) in [6, 6.07) is 0. The predicted octanol–water partition coefficient (Wildman–Crippen LogP) is -0.553. The van der Waals surface area contributed by atoms with Crippen molar-refractivity contribution in [2.75, 3.05) is 39.0 Å². The van der Waals surface area contributed by atoms with Gasteiger partial charge in [-0.2, -0.15) is 0 Å². The van der Waals surface area contributed by atoms with Crippen molar-refractivity contribution in [1.82, 2.24) is 15.4 Å². The van der Waals surface area contributed by atoms with Crippen molar-refractivity contribution in [3.8, 4) is 0 Å². The van der Waals surface area contributed by atoms with E-state index in [0.717, 1.165) is 19.3 Å². The van der Waals surface area contributed by atoms with Gasteiger partial charge in [0.2, 0.25) is 15.9 Å². The molecule has 0 radical (unpaired) electrons. The second kappa shape index (κ2) is 9.34. The summed E-state index contributed by atoms with van der Waals surface area (Å²) in [5, 5.41) is 5.54. The molecule has 0 aromatic heterocycles. The van der Waals surface area contributed by atoms with Crippen molar-refractivity contribution < 1.29 is 17.9 Å². The lowest BCUT2D eigenvalue weighted by atomic mass is 10.1. The Labute approximate surface area is 127 Å². The predicted molar refractivity (Wildman–Crippen MR) is 81.5 cm³/mol. The fourth-order valence-electron chi connectivity index (χ4n) is 2.14. The standard InChI is InChI=1S/C13H27N3O4S/c1-11(9-14-2)13(17)15-6-8-21(18,19)16-10-12-5-3-4-7-20-12/h11-12,14,16H,3-10H2,1-2H3,(H,15,17). The van der Waals surface area contributed by atoms with Crippen molar-refractivity contribution >= 4 is 15.9 Å². The van der Waals surface area contributed by atoms with E-state index in [1.807, 2.05) is 0 Å². The van der Waals surface area contributed by atoms with Crippen LogP contribution in [0.4, 0.5) is 0 Å². The van der Waals surface area contributed by atoms with Crippen LogP contribution in [0.3, 0.4) is 0 Å². The highest BCUT2D eigenvalue weighted by Crippen LogP contribution is 2.11. The van der Waals surface area contributed by atoms with Crippen LogP contribution in [0.2, 0.25) is 0 Å². The van der Waals surface area contributed by atoms with Crippen LogP contribution in [0.15, 0.2) is 0 Å². The van der Waals surface area contributed by atoms with Crippen molar-refractivity contribution in [1.29, 1.82) is 0 Å². The summed E-state index contributed by atoms with van der Waals surface area (Å²) < 4.78 is 31.7. The second-order valence-corrected chi connectivity index (χ2v) is 7.33. The van der Waals surface area contributed by atoms with Gasteiger partial charge in [0.1, 0.15) is 0 Å². The molecule has 1 aliphatic heterocycles. The molecule has 0 aliphatic carbocycles. The molecule has 1 aliphatic rings. The number of rotatable bonds is 9. The van der Waals surface area contributed by atoms with Crippen LogP contribution in [0.5, 0.6) is 0 Å². The first-order valence-electron chi connectivity index (χ1n) is 7.46. The van der Waals surface area contributed by atoms with E-state index in [2.05, 4.69) is 15.4 Å². The van der Waals surface area contributed by atoms with Crippen molar-refractivity contribution in [2.24, 2.45) is 5.92 Å². The highest BCUT2D eigenvalue weighted by atomic mass is 32.2. The summed E-state index contributed by atoms with van der Waals surface area (Å²) in [6.07, 6.45) is 2.98. The van der Waals surface area contributed by atoms with Crippen LogP contribution in [0.1, 0.15) is 26.2 Å². The Morgan fingerprint density at radius 3 is 2.76 bits per heavy atom. The van der Waals surface area contributed by atoms with E-state index in [1.165, 1.54) is 0 Å². The van der Waals surface area contributed by atoms with E-state index < -0.39 is 10.0 Å². The third-order valence-corrected chi connectivity index (χ3v) is 4.78. The van der Waals surface area contributed by atoms with Crippen molar-refractivity contribution in [2.45, 2.75) is 32.3 Å². The highest BCUT2D eigenvalue weighted by molar-refractivity contribution is 7.89. The van der Waals surface area contributed by atoms with E-state index >= 15 is 0 Å². The molecule has 8 heteroatoms. The number of hydrogen-bond acceptors (Lipinski definition) is 5. The monoisotopic (exact) mass is 321 g/mol. The van der Waals surface area contributed by atoms with Gasteiger partial charge in [-0.25, -0.2) is 13.1 Å². The van der Waals surface area contributed by atoms with Gasteiger partial charge in [-0.1, -0.05) is 6.92 Å². The number of hydrogen-bond donors (Lipinski definition) is 3. The maximum absolute atomic E-state index is 11.8. The molecule has 0 aromatic rings. The number of nitrogens with one attached hydrogen (secondary N) is 3. The zero-order valence-corrected chi connectivity index (χ0v) is 13.7. The molecule has 7 nitrogen and oxygen atoms in total. The second-order valence-electron chi connectivity index (χ2n) is 5.41. The van der Waals surface area contributed by atoms with Crippen molar-refractivity contribution in [3.63, 3.8) is 0 Å². The third kappa shape index (κ3) is 7.75. The number of ether oxygens (including phenoxy) is 1. The molecule has 1 rings (SSSR count). The van der Waals surface area contributed by atoms with Gasteiger partial charge in [0, 0.05) is 32.2 Å². The first-order chi connectivity index (χ1) is 9.94. The van der Waals surface area contributed by atoms with E-state index in [0.29, 0.717) is 19.7 Å². The molecule has 0 bridgehead atoms. The van der Waals surface area contributed by atoms with Gasteiger partial charge in [0.25, 0.3) is 0 Å². The van der Waals surface area contributed by atoms with E-state index in [-0.39, 0.29) is 30.2 Å². The molecule has 3 N–H and O–H groups in total. The van der Waals surface area contributed by atoms with Crippen LogP contribution in [0.25, 0.3) is 0 Å². The fraction of sp³-hybridized carbons (Fsp3) is 0.923. The molecular formula is C13H27N3O4S. The maximum Gasteiger partial charge on any atom is 0.224 e. The first-order valence-corrected chi connectivity index (χ1v) is 9.11. The lowest BCUT2D eigenvalue weighted by Crippen LogP contribution is -2.41. The van der Waals surface area contributed by atoms with E-state index in [1.54, 1.807) is 14.0 Å². The van der Waals surface area contributed by atoms with Crippen LogP contribution in [-0.4, -0.2) is 59.5 Å². The van der Waals surface area contributed by atoms with Crippen molar-refractivity contribution in [3.05, 3.63) is 0 Å². The zero-order chi connectivity index (χ0) is 15.7. The number of carbonyl (C=O) groups excluding carboxylic acids is 1. The minimum absolute atomic E-state index is 0.0289. The maximum atomic E-state index is 11.8. The Kier molecular flexibility index (Phi) is 8.16. The molecule has 2 atom stereocenters. The van der Waals surface area contributed by atoms with Gasteiger partial charge < -0.3 is 15.4 Å². The summed E-state index contributed by atoms with van der Waals surface area (Å²) in [5.74, 6) is -0.436. The first kappa shape index (κ1) is 18.3. The summed E-state index contributed by atoms with van der Waals surface area (Å²) in [6.45, 7) is 3.49. The average Bonchev–Trinajstić information content (AvgIpc) is 2.46. The molecule has 1 heterocycles. The Hall–Kier alpha value is -0.700. The van der Waals surface area contributed by atoms with Gasteiger partial charge in [0.15, 0.2) is 0 Å². The number of sulfonamides is 1. The topological polar surface area (TPSA) is 96.5 Å². The average molecular weight is 321 g/mol. The van der Waals surface area contributed by atoms with Crippen LogP contribution in [-0.2, 0) is 19.6 Å². The largest absolute Gasteiger partial charge is 0.377 e. The summed E-state index contributed by atoms with van der Waals surface area (Å²) in [5.41, 5.74) is 0. The molecule has 1 amide bonds. The van der Waals surface area contributed by atoms with Gasteiger partial charge in [0.05, 0.1) is 11.9 Å². The molecule has 124 valence electrons. The Balaban J connectivity index is 2.21. The highest BCUT2D eigenvalue weighted by Gasteiger charge is 2.18. The molecule has 2 unspecified atom stereocenters. The normalized spacial score (nSPS) is 21.0. The Bertz CT molecular complexity index is 408. The Morgan fingerprint density at radius 2 is 2.14 bits per heavy atom. The van der Waals surface area contributed by atoms with Crippen LogP contribution in [0, 0.1) is 5.92 Å². The number of amides is 1. The molecular weight excluding hydrogens is 294 g/mol. The SMILES string of the molecule is CNCC(C)C(=O)NCCS(=O)(=O)NCC1CCCCO1. The molecule has 21 heavy (non-hydrogen) atoms. The van der Waals surface area contributed by atoms with Gasteiger partial charge in [-0.05, 0) is 26.3 Å². The third-order valence-electron chi connectivity index (χ3n) is 3.43. The molecule has 0 spiro atoms. The van der Waals surface area contributed by atoms with Crippen LogP contribution < -0.4 is 15.4 Å². The lowest BCUT2D eigenvalue weighted by Gasteiger charge is -2.22. The quantitative estimate of drug-likeness (QED) is 0.529. The Morgan fingerprint density at radius 1 is 1.38 bits per heavy atom. The molecule has 0 aromatic carbocycles. The zero-order valence-electron chi connectivity index (χ0n) is 12.9. The smallest absolute Gasteiger partial charge is 0.224 e. The van der Waals surface area contributed by atoms with Crippen LogP contribution >= 0.6 is 0 Å². The van der Waals surface area contributed by atoms with E-state index in [4.69, 9.17) is 4.74 Å². The molecule has 1 fully saturated rings. The lowest BCUT2D eigenvalue weighted by molar-refractivity contribution is -0.124. The summed E-state index contributed by atoms with van der Waals surface area (Å²) in [7, 11) is -1.61. The summed E-state index contributed by atoms with van der Waals surface area (Å²) >= 11 is 0. The summed E-state index contributed by atoms with van der Waals surface area (Å²) in [4.78, 5) is 11.6. The number of carbonyl (C=O) groups is 1. The van der Waals surface area contributed by atoms with E-state index in [9.17, 15) is 13.2 Å². The minimum atomic E-state index is -3.37. The fourth-order valence-corrected chi connectivity index (χ4v) is 3.10. The minimum Gasteiger partial charge on any atom is -0.377 e. The molecule has 0 saturated carbocycles. The van der Waals surface area contributed by atoms with Gasteiger partial charge >= 0.3 is 0 Å².